The molecule has 0 aliphatic carbocycles. The highest BCUT2D eigenvalue weighted by molar-refractivity contribution is 7.92. The SMILES string of the molecule is CCC(=O)O.O=c1[nH]c2ccc(NS(=O)(=O)c3ccc([N+](=O)[O-])cc3)cc2c2cc[nH]c12. The molecule has 0 saturated heterocycles. The van der Waals surface area contributed by atoms with E-state index in [1.54, 1.807) is 31.3 Å². The number of hydrogen-bond donors (Lipinski definition) is 4. The van der Waals surface area contributed by atoms with Gasteiger partial charge in [0.2, 0.25) is 0 Å². The number of aromatic amines is 2. The van der Waals surface area contributed by atoms with Gasteiger partial charge in [-0.05, 0) is 36.4 Å². The van der Waals surface area contributed by atoms with Crippen molar-refractivity contribution in [3.63, 3.8) is 0 Å². The molecule has 0 spiro atoms. The van der Waals surface area contributed by atoms with Crippen LogP contribution in [0.4, 0.5) is 11.4 Å². The van der Waals surface area contributed by atoms with Gasteiger partial charge in [0.05, 0.1) is 9.82 Å². The molecule has 0 aliphatic rings. The number of nitrogens with one attached hydrogen (secondary N) is 3. The molecule has 2 aromatic heterocycles. The Morgan fingerprint density at radius 3 is 2.38 bits per heavy atom. The van der Waals surface area contributed by atoms with Crippen LogP contribution < -0.4 is 10.3 Å². The van der Waals surface area contributed by atoms with Gasteiger partial charge < -0.3 is 15.1 Å². The molecule has 12 heteroatoms. The first-order valence-electron chi connectivity index (χ1n) is 9.24. The summed E-state index contributed by atoms with van der Waals surface area (Å²) >= 11 is 0. The number of carboxylic acid groups (broad SMARTS) is 1. The minimum atomic E-state index is -3.92. The molecule has 0 atom stereocenters. The van der Waals surface area contributed by atoms with Crippen LogP contribution in [-0.4, -0.2) is 34.4 Å². The number of nitro benzene ring substituents is 1. The lowest BCUT2D eigenvalue weighted by molar-refractivity contribution is -0.384. The number of pyridine rings is 1. The third-order valence-electron chi connectivity index (χ3n) is 4.44. The van der Waals surface area contributed by atoms with Crippen molar-refractivity contribution in [2.45, 2.75) is 18.2 Å². The molecule has 0 amide bonds. The van der Waals surface area contributed by atoms with Crippen molar-refractivity contribution in [3.05, 3.63) is 75.2 Å². The van der Waals surface area contributed by atoms with Gasteiger partial charge in [0.1, 0.15) is 5.52 Å². The second-order valence-corrected chi connectivity index (χ2v) is 8.27. The molecule has 32 heavy (non-hydrogen) atoms. The largest absolute Gasteiger partial charge is 0.481 e. The zero-order chi connectivity index (χ0) is 23.5. The van der Waals surface area contributed by atoms with Crippen LogP contribution in [-0.2, 0) is 14.8 Å². The molecule has 0 saturated carbocycles. The minimum Gasteiger partial charge on any atom is -0.481 e. The van der Waals surface area contributed by atoms with Gasteiger partial charge >= 0.3 is 5.97 Å². The van der Waals surface area contributed by atoms with Gasteiger partial charge in [-0.1, -0.05) is 6.92 Å². The molecule has 4 aromatic rings. The van der Waals surface area contributed by atoms with Crippen LogP contribution in [0.2, 0.25) is 0 Å². The van der Waals surface area contributed by atoms with Gasteiger partial charge in [-0.2, -0.15) is 0 Å². The lowest BCUT2D eigenvalue weighted by Gasteiger charge is -2.09. The van der Waals surface area contributed by atoms with E-state index in [1.165, 1.54) is 18.2 Å². The van der Waals surface area contributed by atoms with Crippen LogP contribution in [0.1, 0.15) is 13.3 Å². The van der Waals surface area contributed by atoms with Crippen molar-refractivity contribution in [3.8, 4) is 0 Å². The van der Waals surface area contributed by atoms with E-state index in [1.807, 2.05) is 0 Å². The summed E-state index contributed by atoms with van der Waals surface area (Å²) in [5.74, 6) is -0.745. The highest BCUT2D eigenvalue weighted by Gasteiger charge is 2.17. The van der Waals surface area contributed by atoms with Crippen molar-refractivity contribution >= 4 is 49.2 Å². The second-order valence-electron chi connectivity index (χ2n) is 6.58. The van der Waals surface area contributed by atoms with Crippen molar-refractivity contribution in [2.75, 3.05) is 4.72 Å². The van der Waals surface area contributed by atoms with E-state index in [9.17, 15) is 28.1 Å². The highest BCUT2D eigenvalue weighted by Crippen LogP contribution is 2.25. The standard InChI is InChI=1S/C17H12N4O5S.C3H6O2/c22-17-16-13(7-8-18-16)14-9-10(1-6-15(14)19-17)20-27(25,26)12-4-2-11(3-5-12)21(23)24;1-2-3(4)5/h1-9,18,20H,(H,19,22);2H2,1H3,(H,4,5). The molecule has 166 valence electrons. The fourth-order valence-electron chi connectivity index (χ4n) is 2.87. The lowest BCUT2D eigenvalue weighted by Crippen LogP contribution is -2.13. The summed E-state index contributed by atoms with van der Waals surface area (Å²) in [6.45, 7) is 1.60. The summed E-state index contributed by atoms with van der Waals surface area (Å²) in [7, 11) is -3.92. The van der Waals surface area contributed by atoms with E-state index < -0.39 is 20.9 Å². The number of carboxylic acids is 1. The van der Waals surface area contributed by atoms with Crippen LogP contribution in [0.25, 0.3) is 21.8 Å². The Bertz CT molecular complexity index is 1470. The Morgan fingerprint density at radius 1 is 1.12 bits per heavy atom. The molecule has 0 bridgehead atoms. The topological polar surface area (TPSA) is 175 Å². The van der Waals surface area contributed by atoms with Gasteiger partial charge in [0.25, 0.3) is 21.3 Å². The Labute approximate surface area is 180 Å². The number of aromatic nitrogens is 2. The molecule has 0 radical (unpaired) electrons. The minimum absolute atomic E-state index is 0.0959. The number of nitrogens with zero attached hydrogens (tertiary/aromatic N) is 1. The van der Waals surface area contributed by atoms with Crippen LogP contribution in [0, 0.1) is 10.1 Å². The zero-order valence-corrected chi connectivity index (χ0v) is 17.5. The van der Waals surface area contributed by atoms with Crippen molar-refractivity contribution in [1.29, 1.82) is 0 Å². The molecule has 0 unspecified atom stereocenters. The Kier molecular flexibility index (Phi) is 6.25. The van der Waals surface area contributed by atoms with Crippen LogP contribution >= 0.6 is 0 Å². The Morgan fingerprint density at radius 2 is 1.78 bits per heavy atom. The molecular formula is C20H18N4O7S. The maximum Gasteiger partial charge on any atom is 0.303 e. The first kappa shape index (κ1) is 22.5. The third-order valence-corrected chi connectivity index (χ3v) is 5.84. The predicted octanol–water partition coefficient (Wildman–Crippen LogP) is 3.20. The fraction of sp³-hybridized carbons (Fsp3) is 0.100. The number of non-ortho nitro benzene ring substituents is 1. The number of hydrogen-bond acceptors (Lipinski definition) is 6. The number of nitro groups is 1. The van der Waals surface area contributed by atoms with Gasteiger partial charge in [-0.15, -0.1) is 0 Å². The second kappa shape index (κ2) is 8.89. The van der Waals surface area contributed by atoms with Gasteiger partial charge in [-0.3, -0.25) is 24.4 Å². The normalized spacial score (nSPS) is 11.0. The van der Waals surface area contributed by atoms with E-state index in [4.69, 9.17) is 5.11 Å². The molecular weight excluding hydrogens is 440 g/mol. The Hall–Kier alpha value is -4.19. The van der Waals surface area contributed by atoms with E-state index in [0.717, 1.165) is 12.1 Å². The number of sulfonamides is 1. The first-order chi connectivity index (χ1) is 15.1. The molecule has 4 rings (SSSR count). The summed E-state index contributed by atoms with van der Waals surface area (Å²) < 4.78 is 27.5. The number of carbonyl (C=O) groups is 1. The van der Waals surface area contributed by atoms with E-state index in [-0.39, 0.29) is 22.6 Å². The average Bonchev–Trinajstić information content (AvgIpc) is 3.25. The number of fused-ring (bicyclic) bond motifs is 3. The average molecular weight is 458 g/mol. The van der Waals surface area contributed by atoms with E-state index in [0.29, 0.717) is 27.5 Å². The number of benzene rings is 2. The smallest absolute Gasteiger partial charge is 0.303 e. The predicted molar refractivity (Wildman–Crippen MR) is 118 cm³/mol. The van der Waals surface area contributed by atoms with E-state index >= 15 is 0 Å². The quantitative estimate of drug-likeness (QED) is 0.262. The van der Waals surface area contributed by atoms with Crippen LogP contribution in [0.5, 0.6) is 0 Å². The van der Waals surface area contributed by atoms with Gasteiger partial charge in [-0.25, -0.2) is 8.42 Å². The first-order valence-corrected chi connectivity index (χ1v) is 10.7. The number of H-pyrrole nitrogens is 2. The van der Waals surface area contributed by atoms with Gasteiger partial charge in [0, 0.05) is 46.7 Å². The molecule has 0 aliphatic heterocycles. The summed E-state index contributed by atoms with van der Waals surface area (Å²) in [5, 5.41) is 19.8. The molecule has 4 N–H and O–H groups in total. The summed E-state index contributed by atoms with van der Waals surface area (Å²) in [6, 6.07) is 11.1. The fourth-order valence-corrected chi connectivity index (χ4v) is 3.92. The maximum atomic E-state index is 12.5. The summed E-state index contributed by atoms with van der Waals surface area (Å²) in [4.78, 5) is 36.9. The summed E-state index contributed by atoms with van der Waals surface area (Å²) in [6.07, 6.45) is 1.85. The van der Waals surface area contributed by atoms with Crippen molar-refractivity contribution in [1.82, 2.24) is 9.97 Å². The van der Waals surface area contributed by atoms with Gasteiger partial charge in [0.15, 0.2) is 0 Å². The monoisotopic (exact) mass is 458 g/mol. The molecule has 11 nitrogen and oxygen atoms in total. The van der Waals surface area contributed by atoms with Crippen LogP contribution in [0.15, 0.2) is 64.4 Å². The van der Waals surface area contributed by atoms with Crippen LogP contribution in [0.3, 0.4) is 0 Å². The number of aliphatic carboxylic acids is 1. The Balaban J connectivity index is 0.000000523. The lowest BCUT2D eigenvalue weighted by atomic mass is 10.1. The maximum absolute atomic E-state index is 12.5. The molecule has 0 fully saturated rings. The number of rotatable bonds is 5. The van der Waals surface area contributed by atoms with Crippen molar-refractivity contribution < 1.29 is 23.2 Å². The third kappa shape index (κ3) is 4.75. The highest BCUT2D eigenvalue weighted by atomic mass is 32.2. The van der Waals surface area contributed by atoms with E-state index in [2.05, 4.69) is 14.7 Å². The molecule has 2 heterocycles. The zero-order valence-electron chi connectivity index (χ0n) is 16.7. The summed E-state index contributed by atoms with van der Waals surface area (Å²) in [5.41, 5.74) is 0.818. The molecule has 2 aromatic carbocycles. The van der Waals surface area contributed by atoms with Crippen molar-refractivity contribution in [2.24, 2.45) is 0 Å². The number of anilines is 1.